The number of hydrogen-bond acceptors (Lipinski definition) is 4. The van der Waals surface area contributed by atoms with Crippen molar-refractivity contribution in [3.63, 3.8) is 0 Å². The second-order valence-corrected chi connectivity index (χ2v) is 6.05. The molecule has 0 bridgehead atoms. The highest BCUT2D eigenvalue weighted by Crippen LogP contribution is 2.31. The van der Waals surface area contributed by atoms with Crippen LogP contribution in [0.15, 0.2) is 30.3 Å². The van der Waals surface area contributed by atoms with Crippen LogP contribution in [0.1, 0.15) is 36.4 Å². The van der Waals surface area contributed by atoms with Crippen molar-refractivity contribution in [2.24, 2.45) is 5.73 Å². The molecule has 2 aromatic rings. The van der Waals surface area contributed by atoms with Gasteiger partial charge in [-0.3, -0.25) is 4.79 Å². The maximum absolute atomic E-state index is 11.8. The van der Waals surface area contributed by atoms with Gasteiger partial charge >= 0.3 is 0 Å². The van der Waals surface area contributed by atoms with Gasteiger partial charge in [-0.05, 0) is 26.8 Å². The third-order valence-corrected chi connectivity index (χ3v) is 4.62. The van der Waals surface area contributed by atoms with Crippen molar-refractivity contribution in [3.8, 4) is 10.6 Å². The maximum Gasteiger partial charge on any atom is 0.220 e. The zero-order valence-electron chi connectivity index (χ0n) is 12.8. The van der Waals surface area contributed by atoms with Gasteiger partial charge in [0.25, 0.3) is 0 Å². The normalized spacial score (nSPS) is 11.6. The van der Waals surface area contributed by atoms with Crippen LogP contribution in [-0.2, 0) is 4.79 Å². The molecular formula is C16H22ClN3OS. The maximum atomic E-state index is 11.8. The van der Waals surface area contributed by atoms with Crippen LogP contribution < -0.4 is 11.1 Å². The minimum atomic E-state index is -0.0229. The predicted octanol–water partition coefficient (Wildman–Crippen LogP) is 3.46. The van der Waals surface area contributed by atoms with E-state index >= 15 is 0 Å². The summed E-state index contributed by atoms with van der Waals surface area (Å²) < 4.78 is 0. The fourth-order valence-electron chi connectivity index (χ4n) is 2.16. The first-order chi connectivity index (χ1) is 10.1. The van der Waals surface area contributed by atoms with E-state index in [9.17, 15) is 4.79 Å². The minimum absolute atomic E-state index is 0. The topological polar surface area (TPSA) is 68.0 Å². The van der Waals surface area contributed by atoms with Gasteiger partial charge in [0.05, 0.1) is 16.6 Å². The van der Waals surface area contributed by atoms with E-state index in [1.165, 1.54) is 0 Å². The molecular weight excluding hydrogens is 318 g/mol. The molecule has 6 heteroatoms. The molecule has 0 aliphatic carbocycles. The van der Waals surface area contributed by atoms with Crippen LogP contribution in [0.3, 0.4) is 0 Å². The molecule has 0 radical (unpaired) electrons. The summed E-state index contributed by atoms with van der Waals surface area (Å²) in [6, 6.07) is 10.1. The number of halogens is 1. The Morgan fingerprint density at radius 3 is 2.68 bits per heavy atom. The second-order valence-electron chi connectivity index (χ2n) is 5.02. The summed E-state index contributed by atoms with van der Waals surface area (Å²) in [7, 11) is 0. The van der Waals surface area contributed by atoms with Crippen LogP contribution in [0.2, 0.25) is 0 Å². The van der Waals surface area contributed by atoms with E-state index in [0.717, 1.165) is 27.6 Å². The van der Waals surface area contributed by atoms with Crippen LogP contribution in [0.25, 0.3) is 10.6 Å². The summed E-state index contributed by atoms with van der Waals surface area (Å²) in [6.45, 7) is 4.52. The first kappa shape index (κ1) is 18.6. The molecule has 0 spiro atoms. The largest absolute Gasteiger partial charge is 0.349 e. The van der Waals surface area contributed by atoms with Crippen molar-refractivity contribution < 1.29 is 4.79 Å². The number of nitrogens with two attached hydrogens (primary N) is 1. The summed E-state index contributed by atoms with van der Waals surface area (Å²) in [5.41, 5.74) is 7.51. The van der Waals surface area contributed by atoms with Crippen molar-refractivity contribution in [2.45, 2.75) is 32.7 Å². The Morgan fingerprint density at radius 1 is 1.36 bits per heavy atom. The molecule has 1 amide bonds. The van der Waals surface area contributed by atoms with Crippen LogP contribution in [0.5, 0.6) is 0 Å². The van der Waals surface area contributed by atoms with Crippen molar-refractivity contribution in [1.82, 2.24) is 10.3 Å². The van der Waals surface area contributed by atoms with Gasteiger partial charge in [0.2, 0.25) is 5.91 Å². The number of aromatic nitrogens is 1. The van der Waals surface area contributed by atoms with Gasteiger partial charge in [-0.15, -0.1) is 23.7 Å². The molecule has 0 aliphatic heterocycles. The zero-order chi connectivity index (χ0) is 15.2. The van der Waals surface area contributed by atoms with Gasteiger partial charge < -0.3 is 11.1 Å². The van der Waals surface area contributed by atoms with Gasteiger partial charge in [-0.2, -0.15) is 0 Å². The fraction of sp³-hybridized carbons (Fsp3) is 0.375. The molecule has 120 valence electrons. The van der Waals surface area contributed by atoms with Crippen molar-refractivity contribution in [2.75, 3.05) is 6.54 Å². The first-order valence-corrected chi connectivity index (χ1v) is 7.95. The van der Waals surface area contributed by atoms with Crippen molar-refractivity contribution in [3.05, 3.63) is 40.9 Å². The number of nitrogens with one attached hydrogen (secondary N) is 1. The Labute approximate surface area is 141 Å². The van der Waals surface area contributed by atoms with E-state index in [0.29, 0.717) is 13.0 Å². The number of aryl methyl sites for hydroxylation is 1. The summed E-state index contributed by atoms with van der Waals surface area (Å²) in [5, 5.41) is 4.00. The molecule has 0 fully saturated rings. The average Bonchev–Trinajstić information content (AvgIpc) is 2.88. The number of benzene rings is 1. The van der Waals surface area contributed by atoms with Crippen LogP contribution in [-0.4, -0.2) is 17.4 Å². The van der Waals surface area contributed by atoms with E-state index < -0.39 is 0 Å². The van der Waals surface area contributed by atoms with E-state index in [1.807, 2.05) is 44.2 Å². The first-order valence-electron chi connectivity index (χ1n) is 7.14. The Bertz CT molecular complexity index is 601. The summed E-state index contributed by atoms with van der Waals surface area (Å²) >= 11 is 1.64. The van der Waals surface area contributed by atoms with Crippen LogP contribution in [0.4, 0.5) is 0 Å². The van der Waals surface area contributed by atoms with Gasteiger partial charge in [-0.1, -0.05) is 30.3 Å². The van der Waals surface area contributed by atoms with Crippen LogP contribution in [0, 0.1) is 6.92 Å². The lowest BCUT2D eigenvalue weighted by Crippen LogP contribution is -2.26. The highest BCUT2D eigenvalue weighted by Gasteiger charge is 2.16. The minimum Gasteiger partial charge on any atom is -0.349 e. The molecule has 4 nitrogen and oxygen atoms in total. The lowest BCUT2D eigenvalue weighted by molar-refractivity contribution is -0.121. The summed E-state index contributed by atoms with van der Waals surface area (Å²) in [6.07, 6.45) is 1.19. The van der Waals surface area contributed by atoms with Crippen LogP contribution >= 0.6 is 23.7 Å². The molecule has 1 unspecified atom stereocenters. The Morgan fingerprint density at radius 2 is 2.05 bits per heavy atom. The smallest absolute Gasteiger partial charge is 0.220 e. The van der Waals surface area contributed by atoms with E-state index in [1.54, 1.807) is 11.3 Å². The van der Waals surface area contributed by atoms with E-state index in [-0.39, 0.29) is 24.4 Å². The van der Waals surface area contributed by atoms with E-state index in [4.69, 9.17) is 5.73 Å². The number of hydrogen-bond donors (Lipinski definition) is 2. The second kappa shape index (κ2) is 8.88. The van der Waals surface area contributed by atoms with Crippen molar-refractivity contribution >= 4 is 29.7 Å². The molecule has 1 aromatic heterocycles. The lowest BCUT2D eigenvalue weighted by atomic mass is 10.2. The van der Waals surface area contributed by atoms with E-state index in [2.05, 4.69) is 10.3 Å². The standard InChI is InChI=1S/C16H21N3OS.ClH/c1-11(18-14(20)9-6-10-17)15-12(2)19-16(21-15)13-7-4-3-5-8-13;/h3-5,7-8,11H,6,9-10,17H2,1-2H3,(H,18,20);1H. The predicted molar refractivity (Wildman–Crippen MR) is 94.4 cm³/mol. The zero-order valence-corrected chi connectivity index (χ0v) is 14.5. The Balaban J connectivity index is 0.00000242. The quantitative estimate of drug-likeness (QED) is 0.846. The molecule has 0 aliphatic rings. The monoisotopic (exact) mass is 339 g/mol. The number of carbonyl (C=O) groups excluding carboxylic acids is 1. The van der Waals surface area contributed by atoms with Gasteiger partial charge in [-0.25, -0.2) is 4.98 Å². The number of nitrogens with zero attached hydrogens (tertiary/aromatic N) is 1. The molecule has 1 aromatic carbocycles. The molecule has 3 N–H and O–H groups in total. The fourth-order valence-corrected chi connectivity index (χ4v) is 3.23. The SMILES string of the molecule is Cc1nc(-c2ccccc2)sc1C(C)NC(=O)CCCN.Cl. The number of amides is 1. The molecule has 2 rings (SSSR count). The molecule has 0 saturated carbocycles. The number of carbonyl (C=O) groups is 1. The highest BCUT2D eigenvalue weighted by molar-refractivity contribution is 7.15. The lowest BCUT2D eigenvalue weighted by Gasteiger charge is -2.12. The summed E-state index contributed by atoms with van der Waals surface area (Å²) in [4.78, 5) is 17.5. The number of thiazole rings is 1. The molecule has 22 heavy (non-hydrogen) atoms. The Kier molecular flexibility index (Phi) is 7.51. The highest BCUT2D eigenvalue weighted by atomic mass is 35.5. The third kappa shape index (κ3) is 4.80. The van der Waals surface area contributed by atoms with Crippen molar-refractivity contribution in [1.29, 1.82) is 0 Å². The molecule has 1 heterocycles. The number of rotatable bonds is 6. The molecule has 1 atom stereocenters. The third-order valence-electron chi connectivity index (χ3n) is 3.23. The van der Waals surface area contributed by atoms with Gasteiger partial charge in [0, 0.05) is 12.0 Å². The van der Waals surface area contributed by atoms with Gasteiger partial charge in [0.15, 0.2) is 0 Å². The Hall–Kier alpha value is -1.43. The van der Waals surface area contributed by atoms with Gasteiger partial charge in [0.1, 0.15) is 5.01 Å². The molecule has 0 saturated heterocycles. The summed E-state index contributed by atoms with van der Waals surface area (Å²) in [5.74, 6) is 0.0435. The average molecular weight is 340 g/mol.